The molecule has 0 unspecified atom stereocenters. The van der Waals surface area contributed by atoms with Crippen molar-refractivity contribution in [1.29, 1.82) is 0 Å². The average molecular weight is 700 g/mol. The molecule has 0 aromatic heterocycles. The molecule has 0 amide bonds. The van der Waals surface area contributed by atoms with Crippen molar-refractivity contribution >= 4 is 49.4 Å². The van der Waals surface area contributed by atoms with Crippen molar-refractivity contribution in [3.8, 4) is 44.5 Å². The third-order valence-electron chi connectivity index (χ3n) is 10.8. The molecule has 0 N–H and O–H groups in total. The minimum atomic E-state index is 1.09. The first-order chi connectivity index (χ1) is 27.3. The molecule has 0 saturated heterocycles. The second-order valence-corrected chi connectivity index (χ2v) is 14.2. The minimum Gasteiger partial charge on any atom is -0.310 e. The van der Waals surface area contributed by atoms with Gasteiger partial charge in [-0.15, -0.1) is 0 Å². The highest BCUT2D eigenvalue weighted by molar-refractivity contribution is 6.14. The molecule has 0 bridgehead atoms. The molecule has 0 aliphatic carbocycles. The number of hydrogen-bond acceptors (Lipinski definition) is 1. The van der Waals surface area contributed by atoms with E-state index in [2.05, 4.69) is 229 Å². The van der Waals surface area contributed by atoms with Crippen molar-refractivity contribution in [2.75, 3.05) is 4.90 Å². The zero-order valence-electron chi connectivity index (χ0n) is 30.3. The Bertz CT molecular complexity index is 2980. The van der Waals surface area contributed by atoms with Crippen LogP contribution < -0.4 is 4.90 Å². The van der Waals surface area contributed by atoms with Crippen LogP contribution in [-0.2, 0) is 0 Å². The molecule has 0 aliphatic rings. The molecule has 10 aromatic rings. The number of anilines is 3. The second-order valence-electron chi connectivity index (χ2n) is 14.2. The Kier molecular flexibility index (Phi) is 8.24. The van der Waals surface area contributed by atoms with E-state index in [0.717, 1.165) is 17.1 Å². The lowest BCUT2D eigenvalue weighted by atomic mass is 9.92. The number of benzene rings is 10. The van der Waals surface area contributed by atoms with Crippen LogP contribution in [0.15, 0.2) is 224 Å². The molecule has 0 spiro atoms. The first-order valence-corrected chi connectivity index (χ1v) is 18.9. The average Bonchev–Trinajstić information content (AvgIpc) is 3.27. The molecule has 1 heteroatoms. The Morgan fingerprint density at radius 3 is 1.53 bits per heavy atom. The van der Waals surface area contributed by atoms with Crippen LogP contribution >= 0.6 is 0 Å². The third-order valence-corrected chi connectivity index (χ3v) is 10.8. The van der Waals surface area contributed by atoms with Gasteiger partial charge < -0.3 is 4.90 Å². The molecular formula is C54H37N. The van der Waals surface area contributed by atoms with Gasteiger partial charge in [-0.2, -0.15) is 0 Å². The highest BCUT2D eigenvalue weighted by Crippen LogP contribution is 2.45. The lowest BCUT2D eigenvalue weighted by molar-refractivity contribution is 1.28. The van der Waals surface area contributed by atoms with Gasteiger partial charge in [-0.05, 0) is 120 Å². The molecule has 0 saturated carbocycles. The maximum absolute atomic E-state index is 2.44. The predicted octanol–water partition coefficient (Wildman–Crippen LogP) is 15.3. The Morgan fingerprint density at radius 2 is 0.764 bits per heavy atom. The van der Waals surface area contributed by atoms with Gasteiger partial charge in [-0.25, -0.2) is 0 Å². The first kappa shape index (κ1) is 32.4. The van der Waals surface area contributed by atoms with Gasteiger partial charge in [0.2, 0.25) is 0 Å². The van der Waals surface area contributed by atoms with E-state index in [1.807, 2.05) is 0 Å². The Hall–Kier alpha value is -7.22. The monoisotopic (exact) mass is 699 g/mol. The molecule has 10 rings (SSSR count). The number of fused-ring (bicyclic) bond motifs is 4. The highest BCUT2D eigenvalue weighted by atomic mass is 15.1. The number of rotatable bonds is 7. The molecule has 1 nitrogen and oxygen atoms in total. The lowest BCUT2D eigenvalue weighted by Crippen LogP contribution is -2.11. The van der Waals surface area contributed by atoms with Crippen LogP contribution in [0.4, 0.5) is 17.1 Å². The Morgan fingerprint density at radius 1 is 0.236 bits per heavy atom. The summed E-state index contributed by atoms with van der Waals surface area (Å²) in [5.74, 6) is 0. The van der Waals surface area contributed by atoms with E-state index < -0.39 is 0 Å². The fourth-order valence-electron chi connectivity index (χ4n) is 8.12. The predicted molar refractivity (Wildman–Crippen MR) is 235 cm³/mol. The second kappa shape index (κ2) is 14.0. The lowest BCUT2D eigenvalue weighted by Gasteiger charge is -2.29. The first-order valence-electron chi connectivity index (χ1n) is 18.9. The van der Waals surface area contributed by atoms with Gasteiger partial charge in [0.15, 0.2) is 0 Å². The molecule has 0 radical (unpaired) electrons. The van der Waals surface area contributed by atoms with Crippen molar-refractivity contribution in [3.63, 3.8) is 0 Å². The van der Waals surface area contributed by atoms with Gasteiger partial charge in [0.1, 0.15) is 0 Å². The summed E-state index contributed by atoms with van der Waals surface area (Å²) in [6.45, 7) is 0. The highest BCUT2D eigenvalue weighted by Gasteiger charge is 2.20. The zero-order valence-corrected chi connectivity index (χ0v) is 30.3. The van der Waals surface area contributed by atoms with Gasteiger partial charge in [-0.1, -0.05) is 176 Å². The van der Waals surface area contributed by atoms with Crippen molar-refractivity contribution in [1.82, 2.24) is 0 Å². The fourth-order valence-corrected chi connectivity index (χ4v) is 8.12. The van der Waals surface area contributed by atoms with E-state index in [1.165, 1.54) is 76.8 Å². The maximum Gasteiger partial charge on any atom is 0.0540 e. The quantitative estimate of drug-likeness (QED) is 0.150. The van der Waals surface area contributed by atoms with Gasteiger partial charge >= 0.3 is 0 Å². The third kappa shape index (κ3) is 6.12. The maximum atomic E-state index is 2.44. The summed E-state index contributed by atoms with van der Waals surface area (Å²) in [5.41, 5.74) is 12.8. The minimum absolute atomic E-state index is 1.09. The van der Waals surface area contributed by atoms with E-state index in [-0.39, 0.29) is 0 Å². The van der Waals surface area contributed by atoms with Crippen molar-refractivity contribution in [3.05, 3.63) is 224 Å². The normalized spacial score (nSPS) is 11.3. The summed E-state index contributed by atoms with van der Waals surface area (Å²) in [4.78, 5) is 2.44. The standard InChI is InChI=1S/C54H37N/c1-3-15-38(16-4-1)44-31-32-54(53(36-44)40-18-5-2-6-19-40)55(47-24-13-22-42(34-47)43-30-29-39-17-7-8-20-41(39)33-43)48-25-14-23-45(35-48)52-37-46-21-9-10-26-49(46)50-27-11-12-28-51(50)52/h1-37H. The van der Waals surface area contributed by atoms with E-state index in [1.54, 1.807) is 0 Å². The van der Waals surface area contributed by atoms with E-state index in [9.17, 15) is 0 Å². The summed E-state index contributed by atoms with van der Waals surface area (Å²) >= 11 is 0. The van der Waals surface area contributed by atoms with Crippen LogP contribution in [0.2, 0.25) is 0 Å². The molecule has 10 aromatic carbocycles. The summed E-state index contributed by atoms with van der Waals surface area (Å²) in [6.07, 6.45) is 0. The topological polar surface area (TPSA) is 3.24 Å². The van der Waals surface area contributed by atoms with Gasteiger partial charge in [0.25, 0.3) is 0 Å². The zero-order chi connectivity index (χ0) is 36.6. The van der Waals surface area contributed by atoms with E-state index >= 15 is 0 Å². The number of nitrogens with zero attached hydrogens (tertiary/aromatic N) is 1. The molecule has 0 fully saturated rings. The largest absolute Gasteiger partial charge is 0.310 e. The Balaban J connectivity index is 1.20. The molecule has 55 heavy (non-hydrogen) atoms. The Labute approximate surface area is 322 Å². The van der Waals surface area contributed by atoms with Crippen molar-refractivity contribution in [2.45, 2.75) is 0 Å². The summed E-state index contributed by atoms with van der Waals surface area (Å²) in [6, 6.07) is 81.6. The van der Waals surface area contributed by atoms with Crippen LogP contribution in [0.5, 0.6) is 0 Å². The van der Waals surface area contributed by atoms with Gasteiger partial charge in [-0.3, -0.25) is 0 Å². The molecule has 0 aliphatic heterocycles. The molecule has 0 atom stereocenters. The fraction of sp³-hybridized carbons (Fsp3) is 0. The molecular weight excluding hydrogens is 663 g/mol. The number of hydrogen-bond donors (Lipinski definition) is 0. The smallest absolute Gasteiger partial charge is 0.0540 e. The van der Waals surface area contributed by atoms with Gasteiger partial charge in [0.05, 0.1) is 5.69 Å². The molecule has 258 valence electrons. The van der Waals surface area contributed by atoms with Crippen molar-refractivity contribution in [2.24, 2.45) is 0 Å². The summed E-state index contributed by atoms with van der Waals surface area (Å²) in [5, 5.41) is 7.51. The van der Waals surface area contributed by atoms with Gasteiger partial charge in [0, 0.05) is 16.9 Å². The SMILES string of the molecule is c1ccc(-c2ccc(N(c3cccc(-c4ccc5ccccc5c4)c3)c3cccc(-c4cc5ccccc5c5ccccc45)c3)c(-c3ccccc3)c2)cc1. The summed E-state index contributed by atoms with van der Waals surface area (Å²) in [7, 11) is 0. The van der Waals surface area contributed by atoms with Crippen LogP contribution in [0, 0.1) is 0 Å². The van der Waals surface area contributed by atoms with E-state index in [4.69, 9.17) is 0 Å². The summed E-state index contributed by atoms with van der Waals surface area (Å²) < 4.78 is 0. The van der Waals surface area contributed by atoms with Crippen LogP contribution in [0.3, 0.4) is 0 Å². The van der Waals surface area contributed by atoms with Crippen LogP contribution in [-0.4, -0.2) is 0 Å². The van der Waals surface area contributed by atoms with Crippen LogP contribution in [0.1, 0.15) is 0 Å². The van der Waals surface area contributed by atoms with Crippen molar-refractivity contribution < 1.29 is 0 Å². The van der Waals surface area contributed by atoms with Crippen LogP contribution in [0.25, 0.3) is 76.8 Å². The van der Waals surface area contributed by atoms with E-state index in [0.29, 0.717) is 0 Å². The molecule has 0 heterocycles.